The molecule has 0 radical (unpaired) electrons. The Bertz CT molecular complexity index is 1120. The lowest BCUT2D eigenvalue weighted by Crippen LogP contribution is -2.17. The lowest BCUT2D eigenvalue weighted by Gasteiger charge is -2.11. The van der Waals surface area contributed by atoms with E-state index in [0.717, 1.165) is 11.1 Å². The first-order valence-electron chi connectivity index (χ1n) is 8.71. The SMILES string of the molecule is Cc1ccc(F)c(-c2nc3ccn(Cc4ccc(OC(F)(F)F)cc4)cc-3n2)c1. The summed E-state index contributed by atoms with van der Waals surface area (Å²) in [6.07, 6.45) is -1.17. The van der Waals surface area contributed by atoms with Crippen molar-refractivity contribution in [2.75, 3.05) is 0 Å². The molecule has 8 heteroatoms. The van der Waals surface area contributed by atoms with Crippen LogP contribution in [0.25, 0.3) is 22.8 Å². The Morgan fingerprint density at radius 3 is 2.41 bits per heavy atom. The van der Waals surface area contributed by atoms with Gasteiger partial charge in [0, 0.05) is 18.9 Å². The standard InChI is InChI=1S/C21H15F4N3O/c1-13-2-7-17(22)16(10-13)20-26-18-8-9-28(12-19(18)27-20)11-14-3-5-15(6-4-14)29-21(23,24)25/h2-10,12H,11H2,1H3. The second-order valence-electron chi connectivity index (χ2n) is 6.61. The van der Waals surface area contributed by atoms with E-state index in [9.17, 15) is 17.6 Å². The van der Waals surface area contributed by atoms with Crippen molar-refractivity contribution in [3.8, 4) is 28.5 Å². The molecule has 2 aromatic carbocycles. The fourth-order valence-corrected chi connectivity index (χ4v) is 2.99. The minimum absolute atomic E-state index is 0.270. The summed E-state index contributed by atoms with van der Waals surface area (Å²) in [6, 6.07) is 12.2. The van der Waals surface area contributed by atoms with Gasteiger partial charge >= 0.3 is 6.36 Å². The van der Waals surface area contributed by atoms with E-state index < -0.39 is 6.36 Å². The van der Waals surface area contributed by atoms with Gasteiger partial charge in [-0.1, -0.05) is 23.8 Å². The number of fused-ring (bicyclic) bond motifs is 1. The molecule has 0 fully saturated rings. The molecule has 0 saturated heterocycles. The van der Waals surface area contributed by atoms with Crippen LogP contribution in [0.15, 0.2) is 60.9 Å². The van der Waals surface area contributed by atoms with Crippen molar-refractivity contribution in [3.63, 3.8) is 0 Å². The molecule has 0 aromatic heterocycles. The maximum atomic E-state index is 14.1. The van der Waals surface area contributed by atoms with E-state index in [2.05, 4.69) is 14.7 Å². The molecule has 148 valence electrons. The number of imidazole rings is 1. The van der Waals surface area contributed by atoms with Gasteiger partial charge in [0.2, 0.25) is 0 Å². The lowest BCUT2D eigenvalue weighted by molar-refractivity contribution is -0.274. The Balaban J connectivity index is 1.57. The number of rotatable bonds is 4. The first-order chi connectivity index (χ1) is 13.8. The average Bonchev–Trinajstić information content (AvgIpc) is 3.07. The number of alkyl halides is 3. The average molecular weight is 401 g/mol. The molecule has 29 heavy (non-hydrogen) atoms. The molecular formula is C21H15F4N3O. The minimum atomic E-state index is -4.72. The van der Waals surface area contributed by atoms with Gasteiger partial charge in [-0.25, -0.2) is 14.4 Å². The van der Waals surface area contributed by atoms with Gasteiger partial charge in [-0.15, -0.1) is 13.2 Å². The summed E-state index contributed by atoms with van der Waals surface area (Å²) in [5, 5.41) is 0. The van der Waals surface area contributed by atoms with Crippen LogP contribution in [-0.4, -0.2) is 20.9 Å². The number of nitrogens with zero attached hydrogens (tertiary/aromatic N) is 3. The van der Waals surface area contributed by atoms with Crippen molar-refractivity contribution in [3.05, 3.63) is 77.9 Å². The summed E-state index contributed by atoms with van der Waals surface area (Å²) >= 11 is 0. The van der Waals surface area contributed by atoms with Crippen molar-refractivity contribution in [1.82, 2.24) is 14.5 Å². The van der Waals surface area contributed by atoms with Crippen molar-refractivity contribution in [2.45, 2.75) is 19.8 Å². The van der Waals surface area contributed by atoms with Gasteiger partial charge in [0.05, 0.1) is 11.3 Å². The minimum Gasteiger partial charge on any atom is -0.406 e. The number of pyridine rings is 1. The molecule has 0 N–H and O–H groups in total. The van der Waals surface area contributed by atoms with Gasteiger partial charge in [-0.05, 0) is 42.8 Å². The highest BCUT2D eigenvalue weighted by Crippen LogP contribution is 2.27. The maximum Gasteiger partial charge on any atom is 0.573 e. The number of aryl methyl sites for hydroxylation is 1. The summed E-state index contributed by atoms with van der Waals surface area (Å²) in [7, 11) is 0. The smallest absolute Gasteiger partial charge is 0.406 e. The summed E-state index contributed by atoms with van der Waals surface area (Å²) < 4.78 is 56.6. The van der Waals surface area contributed by atoms with E-state index in [-0.39, 0.29) is 11.6 Å². The van der Waals surface area contributed by atoms with Crippen molar-refractivity contribution in [2.24, 2.45) is 0 Å². The zero-order valence-electron chi connectivity index (χ0n) is 15.2. The molecular weight excluding hydrogens is 386 g/mol. The molecule has 0 atom stereocenters. The van der Waals surface area contributed by atoms with Crippen molar-refractivity contribution >= 4 is 0 Å². The van der Waals surface area contributed by atoms with Crippen molar-refractivity contribution < 1.29 is 22.3 Å². The number of benzene rings is 2. The largest absolute Gasteiger partial charge is 0.573 e. The van der Waals surface area contributed by atoms with Gasteiger partial charge < -0.3 is 9.30 Å². The molecule has 2 aliphatic rings. The van der Waals surface area contributed by atoms with Crippen LogP contribution in [0.1, 0.15) is 11.1 Å². The first-order valence-corrected chi connectivity index (χ1v) is 8.71. The zero-order valence-corrected chi connectivity index (χ0v) is 15.2. The van der Waals surface area contributed by atoms with Crippen LogP contribution in [0.5, 0.6) is 5.75 Å². The first kappa shape index (κ1) is 18.9. The Morgan fingerprint density at radius 1 is 0.966 bits per heavy atom. The lowest BCUT2D eigenvalue weighted by atomic mass is 10.1. The second kappa shape index (κ2) is 7.20. The number of aromatic nitrogens is 3. The molecule has 4 rings (SSSR count). The van der Waals surface area contributed by atoms with Crippen LogP contribution in [0.3, 0.4) is 0 Å². The molecule has 0 aliphatic carbocycles. The fourth-order valence-electron chi connectivity index (χ4n) is 2.99. The number of hydrogen-bond donors (Lipinski definition) is 0. The summed E-state index contributed by atoms with van der Waals surface area (Å²) in [5.74, 6) is -0.346. The normalized spacial score (nSPS) is 11.8. The van der Waals surface area contributed by atoms with Crippen LogP contribution >= 0.6 is 0 Å². The number of ether oxygens (including phenoxy) is 1. The monoisotopic (exact) mass is 401 g/mol. The second-order valence-corrected chi connectivity index (χ2v) is 6.61. The van der Waals surface area contributed by atoms with Gasteiger partial charge in [0.1, 0.15) is 17.3 Å². The van der Waals surface area contributed by atoms with Gasteiger partial charge in [-0.3, -0.25) is 0 Å². The Labute approximate surface area is 163 Å². The highest BCUT2D eigenvalue weighted by atomic mass is 19.4. The van der Waals surface area contributed by atoms with Gasteiger partial charge in [0.15, 0.2) is 5.82 Å². The number of hydrogen-bond acceptors (Lipinski definition) is 3. The molecule has 0 saturated carbocycles. The summed E-state index contributed by atoms with van der Waals surface area (Å²) in [4.78, 5) is 8.82. The Hall–Kier alpha value is -3.42. The van der Waals surface area contributed by atoms with E-state index in [1.165, 1.54) is 18.2 Å². The molecule has 0 spiro atoms. The molecule has 0 unspecified atom stereocenters. The molecule has 2 aromatic rings. The van der Waals surface area contributed by atoms with Gasteiger partial charge in [-0.2, -0.15) is 0 Å². The third-order valence-electron chi connectivity index (χ3n) is 4.31. The molecule has 0 amide bonds. The quantitative estimate of drug-likeness (QED) is 0.427. The van der Waals surface area contributed by atoms with E-state index in [1.54, 1.807) is 42.7 Å². The molecule has 4 nitrogen and oxygen atoms in total. The van der Waals surface area contributed by atoms with Crippen LogP contribution < -0.4 is 4.74 Å². The predicted octanol–water partition coefficient (Wildman–Crippen LogP) is 5.44. The molecule has 0 bridgehead atoms. The fraction of sp³-hybridized carbons (Fsp3) is 0.143. The van der Waals surface area contributed by atoms with Crippen LogP contribution in [-0.2, 0) is 6.54 Å². The van der Waals surface area contributed by atoms with Crippen LogP contribution in [0.4, 0.5) is 17.6 Å². The Kier molecular flexibility index (Phi) is 4.70. The topological polar surface area (TPSA) is 39.9 Å². The van der Waals surface area contributed by atoms with Gasteiger partial charge in [0.25, 0.3) is 0 Å². The summed E-state index contributed by atoms with van der Waals surface area (Å²) in [5.41, 5.74) is 3.26. The Morgan fingerprint density at radius 2 is 1.69 bits per heavy atom. The molecule has 2 heterocycles. The van der Waals surface area contributed by atoms with E-state index in [0.29, 0.717) is 29.3 Å². The third-order valence-corrected chi connectivity index (χ3v) is 4.31. The highest BCUT2D eigenvalue weighted by Gasteiger charge is 2.30. The maximum absolute atomic E-state index is 14.1. The molecule has 2 aliphatic heterocycles. The zero-order chi connectivity index (χ0) is 20.6. The summed E-state index contributed by atoms with van der Waals surface area (Å²) in [6.45, 7) is 2.29. The van der Waals surface area contributed by atoms with Crippen molar-refractivity contribution in [1.29, 1.82) is 0 Å². The van der Waals surface area contributed by atoms with E-state index >= 15 is 0 Å². The predicted molar refractivity (Wildman–Crippen MR) is 99.0 cm³/mol. The highest BCUT2D eigenvalue weighted by molar-refractivity contribution is 5.66. The third kappa shape index (κ3) is 4.37. The van der Waals surface area contributed by atoms with Crippen LogP contribution in [0.2, 0.25) is 0 Å². The van der Waals surface area contributed by atoms with E-state index in [1.807, 2.05) is 11.5 Å². The van der Waals surface area contributed by atoms with E-state index in [4.69, 9.17) is 0 Å². The number of halogens is 4. The van der Waals surface area contributed by atoms with Crippen LogP contribution in [0, 0.1) is 12.7 Å².